The molecule has 0 atom stereocenters. The van der Waals surface area contributed by atoms with Crippen molar-refractivity contribution in [2.24, 2.45) is 0 Å². The third-order valence-electron chi connectivity index (χ3n) is 2.37. The third kappa shape index (κ3) is 3.51. The summed E-state index contributed by atoms with van der Waals surface area (Å²) in [5.41, 5.74) is -0.855. The van der Waals surface area contributed by atoms with Gasteiger partial charge in [0.25, 0.3) is 0 Å². The molecule has 2 aromatic rings. The topological polar surface area (TPSA) is 9.23 Å². The molecule has 0 bridgehead atoms. The summed E-state index contributed by atoms with van der Waals surface area (Å²) in [7, 11) is 0. The van der Waals surface area contributed by atoms with Gasteiger partial charge in [-0.2, -0.15) is 13.2 Å². The van der Waals surface area contributed by atoms with Crippen LogP contribution in [0.5, 0.6) is 11.5 Å². The molecular formula is C13H6Cl3F3O. The molecule has 0 fully saturated rings. The quantitative estimate of drug-likeness (QED) is 0.609. The summed E-state index contributed by atoms with van der Waals surface area (Å²) in [4.78, 5) is 0. The molecule has 0 unspecified atom stereocenters. The molecule has 0 heterocycles. The van der Waals surface area contributed by atoms with Crippen molar-refractivity contribution < 1.29 is 17.9 Å². The molecule has 20 heavy (non-hydrogen) atoms. The fraction of sp³-hybridized carbons (Fsp3) is 0.0769. The number of alkyl halides is 3. The molecule has 0 aliphatic carbocycles. The Morgan fingerprint density at radius 3 is 2.10 bits per heavy atom. The second-order valence-corrected chi connectivity index (χ2v) is 5.07. The van der Waals surface area contributed by atoms with E-state index in [9.17, 15) is 13.2 Å². The monoisotopic (exact) mass is 340 g/mol. The molecule has 0 aromatic heterocycles. The van der Waals surface area contributed by atoms with Crippen molar-refractivity contribution >= 4 is 34.8 Å². The first kappa shape index (κ1) is 15.3. The van der Waals surface area contributed by atoms with Crippen molar-refractivity contribution in [2.75, 3.05) is 0 Å². The third-order valence-corrected chi connectivity index (χ3v) is 3.22. The normalized spacial score (nSPS) is 11.5. The van der Waals surface area contributed by atoms with E-state index in [0.717, 1.165) is 18.2 Å². The molecule has 0 saturated carbocycles. The van der Waals surface area contributed by atoms with Gasteiger partial charge in [0.2, 0.25) is 0 Å². The average molecular weight is 342 g/mol. The van der Waals surface area contributed by atoms with E-state index < -0.39 is 11.7 Å². The van der Waals surface area contributed by atoms with Gasteiger partial charge in [-0.15, -0.1) is 0 Å². The molecule has 0 N–H and O–H groups in total. The largest absolute Gasteiger partial charge is 0.454 e. The number of rotatable bonds is 2. The summed E-state index contributed by atoms with van der Waals surface area (Å²) < 4.78 is 42.9. The van der Waals surface area contributed by atoms with Gasteiger partial charge in [0.15, 0.2) is 0 Å². The lowest BCUT2D eigenvalue weighted by atomic mass is 10.2. The van der Waals surface area contributed by atoms with Crippen LogP contribution in [0.3, 0.4) is 0 Å². The lowest BCUT2D eigenvalue weighted by Crippen LogP contribution is -2.04. The maximum absolute atomic E-state index is 12.5. The SMILES string of the molecule is FC(F)(F)c1ccc(Oc2cc(Cl)ccc2Cl)c(Cl)c1. The zero-order chi connectivity index (χ0) is 14.9. The lowest BCUT2D eigenvalue weighted by molar-refractivity contribution is -0.137. The highest BCUT2D eigenvalue weighted by Gasteiger charge is 2.31. The van der Waals surface area contributed by atoms with Crippen molar-refractivity contribution in [3.8, 4) is 11.5 Å². The second kappa shape index (κ2) is 5.72. The molecule has 2 rings (SSSR count). The Morgan fingerprint density at radius 1 is 0.800 bits per heavy atom. The fourth-order valence-electron chi connectivity index (χ4n) is 1.43. The van der Waals surface area contributed by atoms with E-state index in [4.69, 9.17) is 39.5 Å². The van der Waals surface area contributed by atoms with Crippen molar-refractivity contribution in [3.05, 3.63) is 57.0 Å². The molecule has 0 aliphatic heterocycles. The van der Waals surface area contributed by atoms with Gasteiger partial charge in [-0.1, -0.05) is 34.8 Å². The van der Waals surface area contributed by atoms with Gasteiger partial charge in [-0.25, -0.2) is 0 Å². The van der Waals surface area contributed by atoms with E-state index in [0.29, 0.717) is 5.02 Å². The number of hydrogen-bond donors (Lipinski definition) is 0. The first-order chi connectivity index (χ1) is 9.27. The van der Waals surface area contributed by atoms with Gasteiger partial charge in [-0.05, 0) is 30.3 Å². The zero-order valence-corrected chi connectivity index (χ0v) is 11.9. The van der Waals surface area contributed by atoms with Gasteiger partial charge < -0.3 is 4.74 Å². The van der Waals surface area contributed by atoms with Crippen LogP contribution >= 0.6 is 34.8 Å². The Morgan fingerprint density at radius 2 is 1.50 bits per heavy atom. The summed E-state index contributed by atoms with van der Waals surface area (Å²) >= 11 is 17.5. The Hall–Kier alpha value is -1.10. The summed E-state index contributed by atoms with van der Waals surface area (Å²) in [6.45, 7) is 0. The van der Waals surface area contributed by atoms with Gasteiger partial charge in [0.05, 0.1) is 15.6 Å². The van der Waals surface area contributed by atoms with Crippen LogP contribution in [0.15, 0.2) is 36.4 Å². The van der Waals surface area contributed by atoms with Crippen LogP contribution in [-0.2, 0) is 6.18 Å². The summed E-state index contributed by atoms with van der Waals surface area (Å²) in [6.07, 6.45) is -4.46. The van der Waals surface area contributed by atoms with Crippen molar-refractivity contribution in [1.82, 2.24) is 0 Å². The molecule has 0 amide bonds. The predicted octanol–water partition coefficient (Wildman–Crippen LogP) is 6.46. The molecule has 0 radical (unpaired) electrons. The standard InChI is InChI=1S/C13H6Cl3F3O/c14-8-2-3-9(15)12(6-8)20-11-4-1-7(5-10(11)16)13(17,18)19/h1-6H. The highest BCUT2D eigenvalue weighted by Crippen LogP contribution is 2.38. The van der Waals surface area contributed by atoms with Crippen LogP contribution in [-0.4, -0.2) is 0 Å². The van der Waals surface area contributed by atoms with E-state index in [1.807, 2.05) is 0 Å². The fourth-order valence-corrected chi connectivity index (χ4v) is 1.97. The Bertz CT molecular complexity index is 641. The van der Waals surface area contributed by atoms with Crippen LogP contribution in [0.1, 0.15) is 5.56 Å². The van der Waals surface area contributed by atoms with Crippen molar-refractivity contribution in [3.63, 3.8) is 0 Å². The minimum atomic E-state index is -4.46. The molecule has 2 aromatic carbocycles. The van der Waals surface area contributed by atoms with E-state index >= 15 is 0 Å². The van der Waals surface area contributed by atoms with Crippen molar-refractivity contribution in [2.45, 2.75) is 6.18 Å². The van der Waals surface area contributed by atoms with Crippen LogP contribution < -0.4 is 4.74 Å². The maximum atomic E-state index is 12.5. The van der Waals surface area contributed by atoms with Gasteiger partial charge in [-0.3, -0.25) is 0 Å². The van der Waals surface area contributed by atoms with Crippen LogP contribution in [0.25, 0.3) is 0 Å². The Balaban J connectivity index is 2.33. The molecule has 106 valence electrons. The number of benzene rings is 2. The molecule has 0 aliphatic rings. The van der Waals surface area contributed by atoms with Gasteiger partial charge >= 0.3 is 6.18 Å². The van der Waals surface area contributed by atoms with Crippen LogP contribution in [0, 0.1) is 0 Å². The highest BCUT2D eigenvalue weighted by atomic mass is 35.5. The number of hydrogen-bond acceptors (Lipinski definition) is 1. The van der Waals surface area contributed by atoms with E-state index in [2.05, 4.69) is 0 Å². The number of halogens is 6. The van der Waals surface area contributed by atoms with Gasteiger partial charge in [0.1, 0.15) is 11.5 Å². The summed E-state index contributed by atoms with van der Waals surface area (Å²) in [6, 6.07) is 7.30. The minimum absolute atomic E-state index is 0.0591. The predicted molar refractivity (Wildman–Crippen MR) is 73.0 cm³/mol. The summed E-state index contributed by atoms with van der Waals surface area (Å²) in [5.74, 6) is 0.268. The Labute approximate surface area is 127 Å². The lowest BCUT2D eigenvalue weighted by Gasteiger charge is -2.12. The molecular weight excluding hydrogens is 335 g/mol. The highest BCUT2D eigenvalue weighted by molar-refractivity contribution is 6.34. The smallest absolute Gasteiger partial charge is 0.416 e. The number of ether oxygens (including phenoxy) is 1. The van der Waals surface area contributed by atoms with Crippen LogP contribution in [0.2, 0.25) is 15.1 Å². The van der Waals surface area contributed by atoms with Gasteiger partial charge in [0, 0.05) is 11.1 Å². The van der Waals surface area contributed by atoms with E-state index in [1.165, 1.54) is 12.1 Å². The minimum Gasteiger partial charge on any atom is -0.454 e. The molecule has 0 saturated heterocycles. The molecule has 1 nitrogen and oxygen atoms in total. The second-order valence-electron chi connectivity index (χ2n) is 3.82. The zero-order valence-electron chi connectivity index (χ0n) is 9.64. The molecule has 0 spiro atoms. The first-order valence-corrected chi connectivity index (χ1v) is 6.40. The molecule has 7 heteroatoms. The van der Waals surface area contributed by atoms with E-state index in [1.54, 1.807) is 6.07 Å². The van der Waals surface area contributed by atoms with E-state index in [-0.39, 0.29) is 21.5 Å². The van der Waals surface area contributed by atoms with Crippen molar-refractivity contribution in [1.29, 1.82) is 0 Å². The maximum Gasteiger partial charge on any atom is 0.416 e. The van der Waals surface area contributed by atoms with Crippen LogP contribution in [0.4, 0.5) is 13.2 Å². The first-order valence-electron chi connectivity index (χ1n) is 5.27. The Kier molecular flexibility index (Phi) is 4.37. The average Bonchev–Trinajstić information content (AvgIpc) is 2.35. The summed E-state index contributed by atoms with van der Waals surface area (Å²) in [5, 5.41) is 0.480.